The molecule has 0 saturated carbocycles. The largest absolute Gasteiger partial charge is 0.416 e. The maximum atomic E-state index is 13.3. The minimum Gasteiger partial charge on any atom is -0.277 e. The molecule has 2 rings (SSSR count). The first kappa shape index (κ1) is 15.3. The maximum Gasteiger partial charge on any atom is 0.416 e. The lowest BCUT2D eigenvalue weighted by Crippen LogP contribution is -2.05. The highest BCUT2D eigenvalue weighted by atomic mass is 35.5. The zero-order valence-electron chi connectivity index (χ0n) is 10.5. The van der Waals surface area contributed by atoms with Crippen molar-refractivity contribution >= 4 is 23.5 Å². The molecule has 0 atom stereocenters. The van der Waals surface area contributed by atoms with Crippen LogP contribution in [0.15, 0.2) is 47.6 Å². The van der Waals surface area contributed by atoms with Crippen LogP contribution in [0.1, 0.15) is 11.1 Å². The second-order valence-electron chi connectivity index (χ2n) is 4.08. The van der Waals surface area contributed by atoms with Gasteiger partial charge in [0.25, 0.3) is 0 Å². The monoisotopic (exact) mass is 316 g/mol. The summed E-state index contributed by atoms with van der Waals surface area (Å²) >= 11 is 5.78. The van der Waals surface area contributed by atoms with Gasteiger partial charge in [-0.3, -0.25) is 5.43 Å². The van der Waals surface area contributed by atoms with Crippen molar-refractivity contribution < 1.29 is 17.6 Å². The summed E-state index contributed by atoms with van der Waals surface area (Å²) in [6.45, 7) is 0. The number of benzene rings is 2. The Morgan fingerprint density at radius 1 is 1.10 bits per heavy atom. The number of alkyl halides is 3. The number of halogens is 5. The van der Waals surface area contributed by atoms with Crippen molar-refractivity contribution in [2.45, 2.75) is 6.18 Å². The molecule has 0 unspecified atom stereocenters. The third kappa shape index (κ3) is 3.95. The number of hydrogen-bond donors (Lipinski definition) is 1. The lowest BCUT2D eigenvalue weighted by molar-refractivity contribution is -0.137. The topological polar surface area (TPSA) is 24.4 Å². The Hall–Kier alpha value is -2.08. The highest BCUT2D eigenvalue weighted by molar-refractivity contribution is 6.33. The minimum atomic E-state index is -4.48. The second-order valence-corrected chi connectivity index (χ2v) is 4.49. The van der Waals surface area contributed by atoms with E-state index in [4.69, 9.17) is 11.6 Å². The molecule has 2 aromatic rings. The van der Waals surface area contributed by atoms with Crippen LogP contribution in [0.25, 0.3) is 0 Å². The summed E-state index contributed by atoms with van der Waals surface area (Å²) in [5.74, 6) is -0.488. The fraction of sp³-hybridized carbons (Fsp3) is 0.0714. The molecule has 110 valence electrons. The van der Waals surface area contributed by atoms with Gasteiger partial charge < -0.3 is 0 Å². The van der Waals surface area contributed by atoms with Crippen LogP contribution >= 0.6 is 11.6 Å². The first-order valence-electron chi connectivity index (χ1n) is 5.78. The van der Waals surface area contributed by atoms with Crippen molar-refractivity contribution in [3.05, 3.63) is 64.4 Å². The summed E-state index contributed by atoms with van der Waals surface area (Å²) < 4.78 is 51.1. The standard InChI is InChI=1S/C14H9ClF4N2/c15-11-6-5-10(14(17,18)19)7-13(11)21-20-8-9-3-1-2-4-12(9)16/h1-8,21H. The van der Waals surface area contributed by atoms with Crippen LogP contribution in [0.3, 0.4) is 0 Å². The molecule has 21 heavy (non-hydrogen) atoms. The van der Waals surface area contributed by atoms with Crippen LogP contribution in [-0.2, 0) is 6.18 Å². The Balaban J connectivity index is 2.18. The third-order valence-electron chi connectivity index (χ3n) is 2.59. The Labute approximate surface area is 123 Å². The summed E-state index contributed by atoms with van der Waals surface area (Å²) in [5, 5.41) is 3.77. The SMILES string of the molecule is Fc1ccccc1C=NNc1cc(C(F)(F)F)ccc1Cl. The highest BCUT2D eigenvalue weighted by Gasteiger charge is 2.30. The average Bonchev–Trinajstić information content (AvgIpc) is 2.41. The zero-order valence-corrected chi connectivity index (χ0v) is 11.2. The quantitative estimate of drug-likeness (QED) is 0.484. The molecule has 0 amide bonds. The van der Waals surface area contributed by atoms with E-state index in [0.717, 1.165) is 24.4 Å². The summed E-state index contributed by atoms with van der Waals surface area (Å²) in [4.78, 5) is 0. The Morgan fingerprint density at radius 2 is 1.81 bits per heavy atom. The predicted molar refractivity (Wildman–Crippen MR) is 74.1 cm³/mol. The fourth-order valence-corrected chi connectivity index (χ4v) is 1.70. The van der Waals surface area contributed by atoms with Crippen molar-refractivity contribution in [3.63, 3.8) is 0 Å². The molecule has 0 heterocycles. The lowest BCUT2D eigenvalue weighted by Gasteiger charge is -2.09. The van der Waals surface area contributed by atoms with Crippen LogP contribution in [0.5, 0.6) is 0 Å². The molecule has 0 spiro atoms. The summed E-state index contributed by atoms with van der Waals surface area (Å²) in [6, 6.07) is 8.68. The van der Waals surface area contributed by atoms with E-state index in [9.17, 15) is 17.6 Å². The molecular weight excluding hydrogens is 308 g/mol. The van der Waals surface area contributed by atoms with Crippen LogP contribution in [0.2, 0.25) is 5.02 Å². The molecule has 0 aromatic heterocycles. The first-order valence-corrected chi connectivity index (χ1v) is 6.16. The zero-order chi connectivity index (χ0) is 15.5. The molecule has 0 aliphatic rings. The summed E-state index contributed by atoms with van der Waals surface area (Å²) in [6.07, 6.45) is -3.32. The molecule has 0 bridgehead atoms. The van der Waals surface area contributed by atoms with Gasteiger partial charge in [-0.05, 0) is 24.3 Å². The van der Waals surface area contributed by atoms with Crippen molar-refractivity contribution in [2.24, 2.45) is 5.10 Å². The Morgan fingerprint density at radius 3 is 2.48 bits per heavy atom. The van der Waals surface area contributed by atoms with Gasteiger partial charge in [0.15, 0.2) is 0 Å². The van der Waals surface area contributed by atoms with E-state index in [1.165, 1.54) is 18.2 Å². The Bertz CT molecular complexity index is 668. The van der Waals surface area contributed by atoms with Crippen LogP contribution in [-0.4, -0.2) is 6.21 Å². The van der Waals surface area contributed by atoms with E-state index >= 15 is 0 Å². The summed E-state index contributed by atoms with van der Waals surface area (Å²) in [7, 11) is 0. The smallest absolute Gasteiger partial charge is 0.277 e. The summed E-state index contributed by atoms with van der Waals surface area (Å²) in [5.41, 5.74) is 1.71. The van der Waals surface area contributed by atoms with E-state index in [1.54, 1.807) is 6.07 Å². The molecule has 2 aromatic carbocycles. The van der Waals surface area contributed by atoms with Gasteiger partial charge in [0.1, 0.15) is 5.82 Å². The second kappa shape index (κ2) is 6.13. The van der Waals surface area contributed by atoms with Crippen molar-refractivity contribution in [1.82, 2.24) is 0 Å². The van der Waals surface area contributed by atoms with E-state index < -0.39 is 17.6 Å². The maximum absolute atomic E-state index is 13.3. The van der Waals surface area contributed by atoms with Crippen molar-refractivity contribution in [1.29, 1.82) is 0 Å². The highest BCUT2D eigenvalue weighted by Crippen LogP contribution is 2.33. The third-order valence-corrected chi connectivity index (χ3v) is 2.92. The van der Waals surface area contributed by atoms with E-state index in [-0.39, 0.29) is 16.3 Å². The molecule has 7 heteroatoms. The molecule has 0 fully saturated rings. The van der Waals surface area contributed by atoms with Gasteiger partial charge in [0.2, 0.25) is 0 Å². The number of nitrogens with one attached hydrogen (secondary N) is 1. The van der Waals surface area contributed by atoms with Gasteiger partial charge in [-0.2, -0.15) is 18.3 Å². The van der Waals surface area contributed by atoms with Gasteiger partial charge in [-0.15, -0.1) is 0 Å². The van der Waals surface area contributed by atoms with E-state index in [1.807, 2.05) is 0 Å². The predicted octanol–water partition coefficient (Wildman–Crippen LogP) is 4.94. The Kier molecular flexibility index (Phi) is 4.47. The van der Waals surface area contributed by atoms with Gasteiger partial charge in [0.05, 0.1) is 22.5 Å². The molecular formula is C14H9ClF4N2. The van der Waals surface area contributed by atoms with Crippen molar-refractivity contribution in [2.75, 3.05) is 5.43 Å². The normalized spacial score (nSPS) is 11.9. The number of nitrogens with zero attached hydrogens (tertiary/aromatic N) is 1. The van der Waals surface area contributed by atoms with Gasteiger partial charge >= 0.3 is 6.18 Å². The van der Waals surface area contributed by atoms with E-state index in [2.05, 4.69) is 10.5 Å². The number of anilines is 1. The van der Waals surface area contributed by atoms with Crippen LogP contribution in [0, 0.1) is 5.82 Å². The molecule has 0 radical (unpaired) electrons. The van der Waals surface area contributed by atoms with Gasteiger partial charge in [-0.25, -0.2) is 4.39 Å². The number of hydrazone groups is 1. The van der Waals surface area contributed by atoms with Crippen LogP contribution < -0.4 is 5.43 Å². The molecule has 2 nitrogen and oxygen atoms in total. The lowest BCUT2D eigenvalue weighted by atomic mass is 10.2. The molecule has 0 aliphatic heterocycles. The first-order chi connectivity index (χ1) is 9.88. The number of hydrogen-bond acceptors (Lipinski definition) is 2. The minimum absolute atomic E-state index is 0.0147. The van der Waals surface area contributed by atoms with Crippen LogP contribution in [0.4, 0.5) is 23.2 Å². The van der Waals surface area contributed by atoms with Gasteiger partial charge in [0, 0.05) is 5.56 Å². The number of rotatable bonds is 3. The molecule has 0 saturated heterocycles. The molecule has 1 N–H and O–H groups in total. The average molecular weight is 317 g/mol. The van der Waals surface area contributed by atoms with Crippen molar-refractivity contribution in [3.8, 4) is 0 Å². The fourth-order valence-electron chi connectivity index (χ4n) is 1.54. The van der Waals surface area contributed by atoms with Gasteiger partial charge in [-0.1, -0.05) is 29.8 Å². The van der Waals surface area contributed by atoms with E-state index in [0.29, 0.717) is 0 Å². The molecule has 0 aliphatic carbocycles.